The van der Waals surface area contributed by atoms with E-state index in [9.17, 15) is 0 Å². The highest BCUT2D eigenvalue weighted by Gasteiger charge is 2.30. The van der Waals surface area contributed by atoms with Gasteiger partial charge in [-0.1, -0.05) is 45.8 Å². The van der Waals surface area contributed by atoms with Crippen LogP contribution < -0.4 is 0 Å². The quantitative estimate of drug-likeness (QED) is 0.687. The second-order valence-corrected chi connectivity index (χ2v) is 6.15. The molecule has 1 aromatic rings. The molecule has 0 saturated carbocycles. The van der Waals surface area contributed by atoms with Crippen molar-refractivity contribution in [3.05, 3.63) is 35.4 Å². The van der Waals surface area contributed by atoms with Gasteiger partial charge in [0.1, 0.15) is 0 Å². The van der Waals surface area contributed by atoms with Gasteiger partial charge in [0, 0.05) is 6.54 Å². The molecule has 0 aromatic heterocycles. The molecule has 0 fully saturated rings. The highest BCUT2D eigenvalue weighted by molar-refractivity contribution is 9.10. The smallest absolute Gasteiger partial charge is 0.0652 e. The third kappa shape index (κ3) is 2.31. The van der Waals surface area contributed by atoms with Crippen LogP contribution in [-0.4, -0.2) is 16.6 Å². The first kappa shape index (κ1) is 10.9. The highest BCUT2D eigenvalue weighted by Crippen LogP contribution is 2.32. The summed E-state index contributed by atoms with van der Waals surface area (Å²) in [5.41, 5.74) is 3.75. The van der Waals surface area contributed by atoms with Gasteiger partial charge in [0.2, 0.25) is 0 Å². The summed E-state index contributed by atoms with van der Waals surface area (Å²) in [4.78, 5) is 4.65. The second-order valence-electron chi connectivity index (χ2n) is 4.40. The number of alkyl halides is 1. The third-order valence-electron chi connectivity index (χ3n) is 2.89. The summed E-state index contributed by atoms with van der Waals surface area (Å²) in [6.45, 7) is 5.29. The van der Waals surface area contributed by atoms with Crippen LogP contribution in [0.2, 0.25) is 0 Å². The van der Waals surface area contributed by atoms with Crippen molar-refractivity contribution in [2.24, 2.45) is 4.99 Å². The van der Waals surface area contributed by atoms with Crippen molar-refractivity contribution < 1.29 is 0 Å². The fourth-order valence-electron chi connectivity index (χ4n) is 1.99. The first-order valence-electron chi connectivity index (χ1n) is 5.40. The Morgan fingerprint density at radius 2 is 1.93 bits per heavy atom. The topological polar surface area (TPSA) is 12.4 Å². The minimum absolute atomic E-state index is 0.0561. The average molecular weight is 266 g/mol. The van der Waals surface area contributed by atoms with E-state index in [0.717, 1.165) is 6.54 Å². The van der Waals surface area contributed by atoms with Gasteiger partial charge in [-0.3, -0.25) is 4.99 Å². The molecule has 1 aromatic carbocycles. The Hall–Kier alpha value is -0.630. The van der Waals surface area contributed by atoms with Gasteiger partial charge in [0.05, 0.1) is 10.0 Å². The van der Waals surface area contributed by atoms with Gasteiger partial charge in [-0.25, -0.2) is 0 Å². The lowest BCUT2D eigenvalue weighted by molar-refractivity contribution is 0.655. The van der Waals surface area contributed by atoms with Crippen molar-refractivity contribution in [1.82, 2.24) is 0 Å². The van der Waals surface area contributed by atoms with Crippen molar-refractivity contribution in [2.75, 3.05) is 6.54 Å². The molecule has 1 nitrogen and oxygen atoms in total. The molecule has 0 amide bonds. The number of rotatable bonds is 1. The van der Waals surface area contributed by atoms with Gasteiger partial charge in [-0.2, -0.15) is 0 Å². The van der Waals surface area contributed by atoms with Crippen molar-refractivity contribution in [2.45, 2.75) is 31.0 Å². The Labute approximate surface area is 99.7 Å². The molecule has 0 bridgehead atoms. The van der Waals surface area contributed by atoms with Crippen LogP contribution in [0.1, 0.15) is 30.9 Å². The monoisotopic (exact) mass is 265 g/mol. The molecule has 80 valence electrons. The fourth-order valence-corrected chi connectivity index (χ4v) is 2.62. The number of nitrogens with zero attached hydrogens (tertiary/aromatic N) is 1. The molecule has 15 heavy (non-hydrogen) atoms. The summed E-state index contributed by atoms with van der Waals surface area (Å²) in [6, 6.07) is 8.63. The molecule has 0 saturated heterocycles. The van der Waals surface area contributed by atoms with Crippen LogP contribution >= 0.6 is 15.9 Å². The van der Waals surface area contributed by atoms with Crippen LogP contribution in [0.15, 0.2) is 29.3 Å². The Bertz CT molecular complexity index is 376. The van der Waals surface area contributed by atoms with E-state index in [0.29, 0.717) is 0 Å². The van der Waals surface area contributed by atoms with E-state index in [1.54, 1.807) is 0 Å². The summed E-state index contributed by atoms with van der Waals surface area (Å²) >= 11 is 3.78. The maximum atomic E-state index is 4.65. The first-order chi connectivity index (χ1) is 7.09. The largest absolute Gasteiger partial charge is 0.288 e. The minimum atomic E-state index is 0.0561. The van der Waals surface area contributed by atoms with Gasteiger partial charge in [0.15, 0.2) is 0 Å². The normalized spacial score (nSPS) is 26.2. The predicted molar refractivity (Wildman–Crippen MR) is 69.1 cm³/mol. The Balaban J connectivity index is 2.37. The lowest BCUT2D eigenvalue weighted by Crippen LogP contribution is -2.32. The molecule has 0 aliphatic carbocycles. The third-order valence-corrected chi connectivity index (χ3v) is 3.67. The fraction of sp³-hybridized carbons (Fsp3) is 0.462. The van der Waals surface area contributed by atoms with Gasteiger partial charge in [-0.05, 0) is 32.3 Å². The van der Waals surface area contributed by atoms with Crippen molar-refractivity contribution in [1.29, 1.82) is 0 Å². The number of halogens is 1. The van der Waals surface area contributed by atoms with E-state index in [1.165, 1.54) is 29.7 Å². The summed E-state index contributed by atoms with van der Waals surface area (Å²) in [7, 11) is 0. The number of hydrogen-bond acceptors (Lipinski definition) is 1. The molecule has 2 heteroatoms. The average Bonchev–Trinajstić information content (AvgIpc) is 2.19. The number of benzene rings is 1. The van der Waals surface area contributed by atoms with Gasteiger partial charge in [0.25, 0.3) is 0 Å². The molecular weight excluding hydrogens is 250 g/mol. The first-order valence-corrected chi connectivity index (χ1v) is 6.20. The van der Waals surface area contributed by atoms with E-state index in [2.05, 4.69) is 59.0 Å². The zero-order valence-corrected chi connectivity index (χ0v) is 10.8. The zero-order valence-electron chi connectivity index (χ0n) is 9.26. The van der Waals surface area contributed by atoms with Crippen LogP contribution in [0.3, 0.4) is 0 Å². The Morgan fingerprint density at radius 1 is 1.27 bits per heavy atom. The van der Waals surface area contributed by atoms with Crippen LogP contribution in [0.25, 0.3) is 0 Å². The molecule has 1 heterocycles. The van der Waals surface area contributed by atoms with E-state index in [1.807, 2.05) is 0 Å². The molecule has 0 radical (unpaired) electrons. The summed E-state index contributed by atoms with van der Waals surface area (Å²) in [5, 5.41) is 0. The molecule has 2 rings (SSSR count). The summed E-state index contributed by atoms with van der Waals surface area (Å²) in [5.74, 6) is 0. The predicted octanol–water partition coefficient (Wildman–Crippen LogP) is 3.73. The van der Waals surface area contributed by atoms with Crippen molar-refractivity contribution >= 4 is 21.6 Å². The standard InChI is InChI=1S/C13H16BrN/c1-10-4-6-11(7-5-10)12-13(2,14)8-3-9-15-12/h4-7H,3,8-9H2,1-2H3. The molecule has 1 unspecified atom stereocenters. The van der Waals surface area contributed by atoms with Crippen molar-refractivity contribution in [3.63, 3.8) is 0 Å². The van der Waals surface area contributed by atoms with Gasteiger partial charge < -0.3 is 0 Å². The molecular formula is C13H16BrN. The van der Waals surface area contributed by atoms with E-state index in [-0.39, 0.29) is 4.32 Å². The highest BCUT2D eigenvalue weighted by atomic mass is 79.9. The number of aliphatic imine (C=N–C) groups is 1. The van der Waals surface area contributed by atoms with Crippen molar-refractivity contribution in [3.8, 4) is 0 Å². The number of hydrogen-bond donors (Lipinski definition) is 0. The van der Waals surface area contributed by atoms with Gasteiger partial charge >= 0.3 is 0 Å². The van der Waals surface area contributed by atoms with E-state index < -0.39 is 0 Å². The zero-order chi connectivity index (χ0) is 10.9. The lowest BCUT2D eigenvalue weighted by Gasteiger charge is -2.28. The molecule has 0 spiro atoms. The Morgan fingerprint density at radius 3 is 2.53 bits per heavy atom. The second kappa shape index (κ2) is 4.09. The molecule has 1 aliphatic rings. The Kier molecular flexibility index (Phi) is 2.96. The minimum Gasteiger partial charge on any atom is -0.288 e. The molecule has 1 aliphatic heterocycles. The lowest BCUT2D eigenvalue weighted by atomic mass is 9.91. The SMILES string of the molecule is Cc1ccc(C2=NCCCC2(C)Br)cc1. The summed E-state index contributed by atoms with van der Waals surface area (Å²) < 4.78 is 0.0561. The van der Waals surface area contributed by atoms with Crippen LogP contribution in [-0.2, 0) is 0 Å². The summed E-state index contributed by atoms with van der Waals surface area (Å²) in [6.07, 6.45) is 2.34. The van der Waals surface area contributed by atoms with Gasteiger partial charge in [-0.15, -0.1) is 0 Å². The molecule has 0 N–H and O–H groups in total. The maximum Gasteiger partial charge on any atom is 0.0652 e. The van der Waals surface area contributed by atoms with E-state index >= 15 is 0 Å². The van der Waals surface area contributed by atoms with E-state index in [4.69, 9.17) is 0 Å². The van der Waals surface area contributed by atoms with Crippen LogP contribution in [0, 0.1) is 6.92 Å². The molecule has 1 atom stereocenters. The maximum absolute atomic E-state index is 4.65. The van der Waals surface area contributed by atoms with Crippen LogP contribution in [0.5, 0.6) is 0 Å². The number of aryl methyl sites for hydroxylation is 1. The van der Waals surface area contributed by atoms with Crippen LogP contribution in [0.4, 0.5) is 0 Å².